The number of nitrogens with one attached hydrogen (secondary N) is 1. The number of amides is 4. The van der Waals surface area contributed by atoms with E-state index in [1.807, 2.05) is 5.32 Å². The average Bonchev–Trinajstić information content (AvgIpc) is 2.95. The van der Waals surface area contributed by atoms with E-state index in [0.29, 0.717) is 15.9 Å². The number of hydrogen-bond acceptors (Lipinski definition) is 5. The fourth-order valence-corrected chi connectivity index (χ4v) is 3.54. The van der Waals surface area contributed by atoms with E-state index >= 15 is 4.39 Å². The van der Waals surface area contributed by atoms with E-state index < -0.39 is 89.4 Å². The van der Waals surface area contributed by atoms with Gasteiger partial charge in [0, 0.05) is 22.9 Å². The molecule has 4 amide bonds. The van der Waals surface area contributed by atoms with E-state index in [-0.39, 0.29) is 12.8 Å². The molecule has 1 N–H and O–H groups in total. The maximum atomic E-state index is 15.6. The van der Waals surface area contributed by atoms with Crippen molar-refractivity contribution < 1.29 is 34.5 Å². The normalized spacial score (nSPS) is 34.4. The van der Waals surface area contributed by atoms with Crippen molar-refractivity contribution in [3.63, 3.8) is 0 Å². The Hall–Kier alpha value is -2.61. The molecule has 0 aliphatic carbocycles. The number of carbonyl (C=O) groups is 4. The number of carbonyl (C=O) groups excluding carboxylic acids is 4. The van der Waals surface area contributed by atoms with Crippen LogP contribution in [0.25, 0.3) is 0 Å². The summed E-state index contributed by atoms with van der Waals surface area (Å²) < 4.78 is 84.2. The second kappa shape index (κ2) is 7.27. The highest BCUT2D eigenvalue weighted by atomic mass is 19.1. The standard InChI is InChI=1S/C22H26FN3O4/c1-22(2,3)25-8-6-12(7-9-25)13-10-14-15(11-16(13)23)21(30)26(20(14)29)17-4-5-18(27)24-19(17)28/h10-12,17H,4-9H2,1-3H3,(H,24,27,28)/i6D2,7D2,8D2,9D2. The lowest BCUT2D eigenvalue weighted by Gasteiger charge is -2.41. The first-order valence-electron chi connectivity index (χ1n) is 13.5. The summed E-state index contributed by atoms with van der Waals surface area (Å²) in [6, 6.07) is -0.0389. The first kappa shape index (κ1) is 12.9. The molecule has 7 nitrogen and oxygen atoms in total. The van der Waals surface area contributed by atoms with E-state index in [1.165, 1.54) is 20.8 Å². The first-order chi connectivity index (χ1) is 17.1. The van der Waals surface area contributed by atoms with Gasteiger partial charge in [0.05, 0.1) is 11.1 Å². The van der Waals surface area contributed by atoms with Crippen LogP contribution in [-0.2, 0) is 9.59 Å². The molecule has 0 saturated carbocycles. The van der Waals surface area contributed by atoms with Crippen molar-refractivity contribution in [2.45, 2.75) is 63.9 Å². The molecule has 160 valence electrons. The summed E-state index contributed by atoms with van der Waals surface area (Å²) in [6.45, 7) is -2.15. The monoisotopic (exact) mass is 423 g/mol. The molecular formula is C22H26FN3O4. The van der Waals surface area contributed by atoms with Gasteiger partial charge in [0.2, 0.25) is 11.8 Å². The Morgan fingerprint density at radius 1 is 1.07 bits per heavy atom. The van der Waals surface area contributed by atoms with Crippen LogP contribution in [0.5, 0.6) is 0 Å². The molecule has 3 aliphatic rings. The quantitative estimate of drug-likeness (QED) is 0.737. The van der Waals surface area contributed by atoms with Crippen molar-refractivity contribution in [2.24, 2.45) is 0 Å². The highest BCUT2D eigenvalue weighted by Gasteiger charge is 2.45. The molecule has 1 unspecified atom stereocenters. The third kappa shape index (κ3) is 3.43. The van der Waals surface area contributed by atoms with Gasteiger partial charge in [0.15, 0.2) is 0 Å². The second-order valence-electron chi connectivity index (χ2n) is 8.32. The van der Waals surface area contributed by atoms with E-state index in [0.717, 1.165) is 6.07 Å². The van der Waals surface area contributed by atoms with Crippen LogP contribution in [0.15, 0.2) is 12.1 Å². The number of benzene rings is 1. The Morgan fingerprint density at radius 3 is 2.23 bits per heavy atom. The molecule has 0 radical (unpaired) electrons. The maximum Gasteiger partial charge on any atom is 0.262 e. The van der Waals surface area contributed by atoms with Gasteiger partial charge in [0.1, 0.15) is 11.9 Å². The molecule has 0 bridgehead atoms. The first-order valence-corrected chi connectivity index (χ1v) is 9.45. The van der Waals surface area contributed by atoms with Crippen LogP contribution in [0, 0.1) is 5.82 Å². The minimum Gasteiger partial charge on any atom is -0.298 e. The summed E-state index contributed by atoms with van der Waals surface area (Å²) in [7, 11) is 0. The van der Waals surface area contributed by atoms with Crippen LogP contribution >= 0.6 is 0 Å². The van der Waals surface area contributed by atoms with E-state index in [9.17, 15) is 19.2 Å². The molecule has 1 atom stereocenters. The van der Waals surface area contributed by atoms with Gasteiger partial charge in [-0.05, 0) is 76.5 Å². The summed E-state index contributed by atoms with van der Waals surface area (Å²) in [5, 5.41) is 2.02. The minimum absolute atomic E-state index is 0.152. The summed E-state index contributed by atoms with van der Waals surface area (Å²) in [5.41, 5.74) is -3.17. The lowest BCUT2D eigenvalue weighted by Crippen LogP contribution is -2.54. The van der Waals surface area contributed by atoms with Crippen molar-refractivity contribution in [1.82, 2.24) is 15.1 Å². The van der Waals surface area contributed by atoms with Crippen molar-refractivity contribution in [2.75, 3.05) is 13.0 Å². The molecule has 2 fully saturated rings. The number of piperidine rings is 2. The summed E-state index contributed by atoms with van der Waals surface area (Å²) in [6.07, 6.45) is -6.79. The zero-order valence-electron chi connectivity index (χ0n) is 24.6. The fourth-order valence-electron chi connectivity index (χ4n) is 3.54. The number of hydrogen-bond donors (Lipinski definition) is 1. The van der Waals surface area contributed by atoms with Crippen molar-refractivity contribution in [3.8, 4) is 0 Å². The minimum atomic E-state index is -3.24. The van der Waals surface area contributed by atoms with Gasteiger partial charge in [-0.2, -0.15) is 0 Å². The zero-order chi connectivity index (χ0) is 29.0. The predicted molar refractivity (Wildman–Crippen MR) is 106 cm³/mol. The van der Waals surface area contributed by atoms with Crippen molar-refractivity contribution >= 4 is 23.6 Å². The van der Waals surface area contributed by atoms with Crippen molar-refractivity contribution in [1.29, 1.82) is 0 Å². The zero-order valence-corrected chi connectivity index (χ0v) is 16.6. The topological polar surface area (TPSA) is 86.8 Å². The Kier molecular flexibility index (Phi) is 3.13. The van der Waals surface area contributed by atoms with Gasteiger partial charge in [-0.25, -0.2) is 4.39 Å². The number of rotatable bonds is 2. The highest BCUT2D eigenvalue weighted by Crippen LogP contribution is 2.36. The van der Waals surface area contributed by atoms with Gasteiger partial charge >= 0.3 is 0 Å². The molecule has 30 heavy (non-hydrogen) atoms. The number of fused-ring (bicyclic) bond motifs is 1. The van der Waals surface area contributed by atoms with Crippen LogP contribution in [0.1, 0.15) is 89.5 Å². The molecule has 2 saturated heterocycles. The van der Waals surface area contributed by atoms with Crippen LogP contribution in [0.3, 0.4) is 0 Å². The van der Waals surface area contributed by atoms with Crippen LogP contribution in [-0.4, -0.2) is 58.0 Å². The number of imide groups is 2. The highest BCUT2D eigenvalue weighted by molar-refractivity contribution is 6.23. The number of halogens is 1. The van der Waals surface area contributed by atoms with Gasteiger partial charge in [0.25, 0.3) is 11.8 Å². The third-order valence-corrected chi connectivity index (χ3v) is 5.18. The van der Waals surface area contributed by atoms with Gasteiger partial charge in [-0.15, -0.1) is 0 Å². The molecule has 0 aromatic heterocycles. The number of likely N-dealkylation sites (tertiary alicyclic amines) is 1. The summed E-state index contributed by atoms with van der Waals surface area (Å²) in [5.74, 6) is -7.32. The van der Waals surface area contributed by atoms with Gasteiger partial charge in [-0.3, -0.25) is 34.3 Å². The van der Waals surface area contributed by atoms with Gasteiger partial charge < -0.3 is 0 Å². The Balaban J connectivity index is 1.87. The van der Waals surface area contributed by atoms with Crippen molar-refractivity contribution in [3.05, 3.63) is 34.6 Å². The molecule has 3 aliphatic heterocycles. The lowest BCUT2D eigenvalue weighted by molar-refractivity contribution is -0.136. The molecule has 1 aromatic rings. The summed E-state index contributed by atoms with van der Waals surface area (Å²) >= 11 is 0. The van der Waals surface area contributed by atoms with E-state index in [2.05, 4.69) is 0 Å². The Morgan fingerprint density at radius 2 is 1.67 bits per heavy atom. The Bertz CT molecular complexity index is 1250. The lowest BCUT2D eigenvalue weighted by atomic mass is 9.86. The maximum absolute atomic E-state index is 15.6. The smallest absolute Gasteiger partial charge is 0.262 e. The van der Waals surface area contributed by atoms with Gasteiger partial charge in [-0.1, -0.05) is 0 Å². The average molecular weight is 424 g/mol. The molecule has 3 heterocycles. The van der Waals surface area contributed by atoms with Crippen LogP contribution in [0.2, 0.25) is 0 Å². The second-order valence-corrected chi connectivity index (χ2v) is 8.32. The molecule has 0 spiro atoms. The predicted octanol–water partition coefficient (Wildman–Crippen LogP) is 2.20. The molecule has 1 aromatic carbocycles. The van der Waals surface area contributed by atoms with E-state index in [4.69, 9.17) is 11.0 Å². The SMILES string of the molecule is [2H]C1([2H])C(c2cc3c(cc2F)C(=O)N(C2CCC(=O)NC2=O)C3=O)C([2H])([2H])C([2H])([2H])N(C(C)(C)C)C1([2H])[2H]. The molecule has 4 rings (SSSR count). The number of nitrogens with zero attached hydrogens (tertiary/aromatic N) is 2. The Labute approximate surface area is 185 Å². The summed E-state index contributed by atoms with van der Waals surface area (Å²) in [4.78, 5) is 51.0. The third-order valence-electron chi connectivity index (χ3n) is 5.18. The van der Waals surface area contributed by atoms with E-state index in [1.54, 1.807) is 0 Å². The fraction of sp³-hybridized carbons (Fsp3) is 0.545. The van der Waals surface area contributed by atoms with Crippen LogP contribution < -0.4 is 5.32 Å². The van der Waals surface area contributed by atoms with Crippen LogP contribution in [0.4, 0.5) is 4.39 Å². The molecular weight excluding hydrogens is 389 g/mol. The largest absolute Gasteiger partial charge is 0.298 e. The molecule has 8 heteroatoms.